The summed E-state index contributed by atoms with van der Waals surface area (Å²) in [5.74, 6) is 0.912. The summed E-state index contributed by atoms with van der Waals surface area (Å²) in [5, 5.41) is 0. The van der Waals surface area contributed by atoms with Gasteiger partial charge in [-0.15, -0.1) is 0 Å². The van der Waals surface area contributed by atoms with Crippen LogP contribution in [0, 0.1) is 11.3 Å². The average molecular weight is 183 g/mol. The fourth-order valence-electron chi connectivity index (χ4n) is 2.43. The molecule has 76 valence electrons. The van der Waals surface area contributed by atoms with Crippen LogP contribution in [0.25, 0.3) is 0 Å². The highest BCUT2D eigenvalue weighted by Crippen LogP contribution is 2.50. The number of likely N-dealkylation sites (tertiary alicyclic amines) is 1. The maximum atomic E-state index is 11.6. The van der Waals surface area contributed by atoms with Crippen molar-refractivity contribution in [2.75, 3.05) is 7.05 Å². The second-order valence-corrected chi connectivity index (χ2v) is 5.36. The van der Waals surface area contributed by atoms with Gasteiger partial charge in [0.2, 0.25) is 5.91 Å². The summed E-state index contributed by atoms with van der Waals surface area (Å²) in [6, 6.07) is 0. The van der Waals surface area contributed by atoms with E-state index in [0.29, 0.717) is 5.92 Å². The lowest BCUT2D eigenvalue weighted by molar-refractivity contribution is -0.183. The molecular weight excluding hydrogens is 162 g/mol. The third-order valence-electron chi connectivity index (χ3n) is 3.73. The average Bonchev–Trinajstić information content (AvgIpc) is 2.00. The van der Waals surface area contributed by atoms with Crippen LogP contribution in [0.5, 0.6) is 0 Å². The third kappa shape index (κ3) is 1.18. The zero-order valence-corrected chi connectivity index (χ0v) is 9.64. The van der Waals surface area contributed by atoms with Crippen molar-refractivity contribution in [3.63, 3.8) is 0 Å². The van der Waals surface area contributed by atoms with Crippen molar-refractivity contribution in [1.82, 2.24) is 4.90 Å². The van der Waals surface area contributed by atoms with Gasteiger partial charge in [0, 0.05) is 7.05 Å². The standard InChI is InChI=1S/C11H21NO/c1-8(2)7-11(5)10(3,4)9(13)12(11)6/h8H,7H2,1-6H3. The number of hydrogen-bond acceptors (Lipinski definition) is 1. The molecule has 1 fully saturated rings. The molecule has 0 radical (unpaired) electrons. The summed E-state index contributed by atoms with van der Waals surface area (Å²) in [5.41, 5.74) is -0.121. The molecule has 1 amide bonds. The topological polar surface area (TPSA) is 20.3 Å². The number of β-lactam (4-membered cyclic amide) rings is 1. The molecule has 1 heterocycles. The smallest absolute Gasteiger partial charge is 0.230 e. The molecule has 2 nitrogen and oxygen atoms in total. The van der Waals surface area contributed by atoms with Crippen molar-refractivity contribution in [3.05, 3.63) is 0 Å². The number of carbonyl (C=O) groups is 1. The summed E-state index contributed by atoms with van der Waals surface area (Å²) < 4.78 is 0. The van der Waals surface area contributed by atoms with Gasteiger partial charge in [-0.3, -0.25) is 4.79 Å². The Morgan fingerprint density at radius 1 is 1.31 bits per heavy atom. The summed E-state index contributed by atoms with van der Waals surface area (Å²) in [4.78, 5) is 13.5. The van der Waals surface area contributed by atoms with Crippen molar-refractivity contribution in [2.24, 2.45) is 11.3 Å². The Morgan fingerprint density at radius 2 is 1.77 bits per heavy atom. The fourth-order valence-corrected chi connectivity index (χ4v) is 2.43. The molecule has 2 heteroatoms. The minimum atomic E-state index is -0.175. The van der Waals surface area contributed by atoms with Crippen molar-refractivity contribution >= 4 is 5.91 Å². The quantitative estimate of drug-likeness (QED) is 0.601. The first-order valence-corrected chi connectivity index (χ1v) is 5.02. The Kier molecular flexibility index (Phi) is 2.21. The summed E-state index contributed by atoms with van der Waals surface area (Å²) >= 11 is 0. The van der Waals surface area contributed by atoms with E-state index in [1.54, 1.807) is 0 Å². The highest BCUT2D eigenvalue weighted by Gasteiger charge is 2.60. The highest BCUT2D eigenvalue weighted by atomic mass is 16.2. The molecule has 1 aliphatic rings. The van der Waals surface area contributed by atoms with Gasteiger partial charge in [-0.05, 0) is 33.1 Å². The molecule has 0 saturated carbocycles. The van der Waals surface area contributed by atoms with Crippen LogP contribution >= 0.6 is 0 Å². The predicted octanol–water partition coefficient (Wildman–Crippen LogP) is 2.29. The molecular formula is C11H21NO. The van der Waals surface area contributed by atoms with Gasteiger partial charge in [0.1, 0.15) is 0 Å². The maximum Gasteiger partial charge on any atom is 0.230 e. The Hall–Kier alpha value is -0.530. The Morgan fingerprint density at radius 3 is 2.08 bits per heavy atom. The first kappa shape index (κ1) is 10.6. The predicted molar refractivity (Wildman–Crippen MR) is 54.4 cm³/mol. The van der Waals surface area contributed by atoms with Crippen LogP contribution in [0.15, 0.2) is 0 Å². The Labute approximate surface area is 81.3 Å². The third-order valence-corrected chi connectivity index (χ3v) is 3.73. The van der Waals surface area contributed by atoms with E-state index in [4.69, 9.17) is 0 Å². The fraction of sp³-hybridized carbons (Fsp3) is 0.909. The van der Waals surface area contributed by atoms with Gasteiger partial charge >= 0.3 is 0 Å². The summed E-state index contributed by atoms with van der Waals surface area (Å²) in [6.07, 6.45) is 1.09. The monoisotopic (exact) mass is 183 g/mol. The van der Waals surface area contributed by atoms with E-state index in [0.717, 1.165) is 6.42 Å². The molecule has 0 spiro atoms. The second-order valence-electron chi connectivity index (χ2n) is 5.36. The molecule has 0 aromatic carbocycles. The van der Waals surface area contributed by atoms with Crippen molar-refractivity contribution in [2.45, 2.75) is 46.6 Å². The summed E-state index contributed by atoms with van der Waals surface area (Å²) in [6.45, 7) is 10.7. The minimum Gasteiger partial charge on any atom is -0.339 e. The van der Waals surface area contributed by atoms with Crippen LogP contribution in [-0.4, -0.2) is 23.4 Å². The molecule has 1 aliphatic heterocycles. The van der Waals surface area contributed by atoms with Crippen LogP contribution in [0.4, 0.5) is 0 Å². The Bertz CT molecular complexity index is 232. The van der Waals surface area contributed by atoms with E-state index in [9.17, 15) is 4.79 Å². The lowest BCUT2D eigenvalue weighted by Gasteiger charge is -2.61. The highest BCUT2D eigenvalue weighted by molar-refractivity contribution is 5.90. The molecule has 0 bridgehead atoms. The van der Waals surface area contributed by atoms with Crippen LogP contribution < -0.4 is 0 Å². The van der Waals surface area contributed by atoms with E-state index in [1.165, 1.54) is 0 Å². The van der Waals surface area contributed by atoms with Crippen molar-refractivity contribution in [1.29, 1.82) is 0 Å². The first-order chi connectivity index (χ1) is 5.73. The molecule has 1 atom stereocenters. The molecule has 13 heavy (non-hydrogen) atoms. The van der Waals surface area contributed by atoms with Gasteiger partial charge in [-0.25, -0.2) is 0 Å². The second kappa shape index (κ2) is 2.73. The molecule has 0 aromatic rings. The number of nitrogens with zero attached hydrogens (tertiary/aromatic N) is 1. The van der Waals surface area contributed by atoms with E-state index in [-0.39, 0.29) is 16.9 Å². The van der Waals surface area contributed by atoms with E-state index in [2.05, 4.69) is 34.6 Å². The lowest BCUT2D eigenvalue weighted by Crippen LogP contribution is -2.73. The number of amides is 1. The van der Waals surface area contributed by atoms with Gasteiger partial charge in [0.25, 0.3) is 0 Å². The van der Waals surface area contributed by atoms with Crippen LogP contribution in [-0.2, 0) is 4.79 Å². The van der Waals surface area contributed by atoms with Crippen LogP contribution in [0.1, 0.15) is 41.0 Å². The molecule has 0 aliphatic carbocycles. The lowest BCUT2D eigenvalue weighted by atomic mass is 9.61. The van der Waals surface area contributed by atoms with Crippen LogP contribution in [0.3, 0.4) is 0 Å². The maximum absolute atomic E-state index is 11.6. The normalized spacial score (nSPS) is 32.2. The van der Waals surface area contributed by atoms with Gasteiger partial charge in [0.05, 0.1) is 11.0 Å². The van der Waals surface area contributed by atoms with E-state index in [1.807, 2.05) is 11.9 Å². The molecule has 1 unspecified atom stereocenters. The van der Waals surface area contributed by atoms with Gasteiger partial charge < -0.3 is 4.90 Å². The molecule has 1 saturated heterocycles. The van der Waals surface area contributed by atoms with Gasteiger partial charge in [-0.2, -0.15) is 0 Å². The van der Waals surface area contributed by atoms with Crippen molar-refractivity contribution < 1.29 is 4.79 Å². The van der Waals surface area contributed by atoms with Gasteiger partial charge in [-0.1, -0.05) is 13.8 Å². The molecule has 1 rings (SSSR count). The zero-order valence-electron chi connectivity index (χ0n) is 9.64. The van der Waals surface area contributed by atoms with Gasteiger partial charge in [0.15, 0.2) is 0 Å². The molecule has 0 N–H and O–H groups in total. The number of carbonyl (C=O) groups excluding carboxylic acids is 1. The van der Waals surface area contributed by atoms with E-state index >= 15 is 0 Å². The zero-order chi connectivity index (χ0) is 10.4. The minimum absolute atomic E-state index is 0.0538. The first-order valence-electron chi connectivity index (χ1n) is 5.02. The van der Waals surface area contributed by atoms with Crippen LogP contribution in [0.2, 0.25) is 0 Å². The number of rotatable bonds is 2. The summed E-state index contributed by atoms with van der Waals surface area (Å²) in [7, 11) is 1.91. The largest absolute Gasteiger partial charge is 0.339 e. The van der Waals surface area contributed by atoms with E-state index < -0.39 is 0 Å². The molecule has 0 aromatic heterocycles. The number of hydrogen-bond donors (Lipinski definition) is 0. The SMILES string of the molecule is CC(C)CC1(C)N(C)C(=O)C1(C)C. The Balaban J connectivity index is 2.85. The van der Waals surface area contributed by atoms with Crippen molar-refractivity contribution in [3.8, 4) is 0 Å².